The summed E-state index contributed by atoms with van der Waals surface area (Å²) in [6.07, 6.45) is 0.746. The lowest BCUT2D eigenvalue weighted by atomic mass is 10.0. The molecule has 4 heteroatoms. The molecular weight excluding hydrogens is 284 g/mol. The highest BCUT2D eigenvalue weighted by molar-refractivity contribution is 6.31. The van der Waals surface area contributed by atoms with Gasteiger partial charge in [-0.15, -0.1) is 0 Å². The molecule has 2 N–H and O–H groups in total. The van der Waals surface area contributed by atoms with Crippen molar-refractivity contribution in [2.24, 2.45) is 5.73 Å². The van der Waals surface area contributed by atoms with Crippen LogP contribution < -0.4 is 15.4 Å². The Labute approximate surface area is 131 Å². The summed E-state index contributed by atoms with van der Waals surface area (Å²) in [5.74, 6) is 0.842. The molecule has 0 radical (unpaired) electrons. The Morgan fingerprint density at radius 2 is 1.86 bits per heavy atom. The fourth-order valence-electron chi connectivity index (χ4n) is 2.33. The molecule has 0 bridgehead atoms. The molecule has 1 atom stereocenters. The fraction of sp³-hybridized carbons (Fsp3) is 0.294. The molecule has 0 saturated carbocycles. The second kappa shape index (κ2) is 6.83. The molecule has 1 unspecified atom stereocenters. The number of hydrogen-bond acceptors (Lipinski definition) is 3. The lowest BCUT2D eigenvalue weighted by Gasteiger charge is -2.24. The van der Waals surface area contributed by atoms with Gasteiger partial charge in [-0.05, 0) is 55.3 Å². The fourth-order valence-corrected chi connectivity index (χ4v) is 2.58. The van der Waals surface area contributed by atoms with Crippen LogP contribution in [0.4, 0.5) is 11.4 Å². The summed E-state index contributed by atoms with van der Waals surface area (Å²) in [6.45, 7) is 1.99. The summed E-state index contributed by atoms with van der Waals surface area (Å²) in [5.41, 5.74) is 9.17. The van der Waals surface area contributed by atoms with Crippen molar-refractivity contribution in [1.82, 2.24) is 0 Å². The Morgan fingerprint density at radius 1 is 1.19 bits per heavy atom. The van der Waals surface area contributed by atoms with E-state index in [4.69, 9.17) is 22.1 Å². The second-order valence-corrected chi connectivity index (χ2v) is 5.58. The molecule has 3 nitrogen and oxygen atoms in total. The maximum Gasteiger partial charge on any atom is 0.119 e. The van der Waals surface area contributed by atoms with Crippen molar-refractivity contribution >= 4 is 23.0 Å². The van der Waals surface area contributed by atoms with Gasteiger partial charge in [-0.2, -0.15) is 0 Å². The van der Waals surface area contributed by atoms with Crippen LogP contribution in [0.3, 0.4) is 0 Å². The third-order valence-electron chi connectivity index (χ3n) is 3.44. The van der Waals surface area contributed by atoms with Crippen molar-refractivity contribution in [3.63, 3.8) is 0 Å². The predicted molar refractivity (Wildman–Crippen MR) is 89.9 cm³/mol. The molecule has 0 spiro atoms. The van der Waals surface area contributed by atoms with Crippen molar-refractivity contribution in [2.45, 2.75) is 19.4 Å². The average Bonchev–Trinajstić information content (AvgIpc) is 2.48. The quantitative estimate of drug-likeness (QED) is 0.907. The van der Waals surface area contributed by atoms with Gasteiger partial charge in [-0.25, -0.2) is 0 Å². The Hall–Kier alpha value is -1.71. The first-order valence-corrected chi connectivity index (χ1v) is 7.31. The largest absolute Gasteiger partial charge is 0.497 e. The van der Waals surface area contributed by atoms with Gasteiger partial charge < -0.3 is 15.4 Å². The van der Waals surface area contributed by atoms with E-state index in [-0.39, 0.29) is 6.04 Å². The molecule has 112 valence electrons. The third-order valence-corrected chi connectivity index (χ3v) is 3.80. The zero-order valence-corrected chi connectivity index (χ0v) is 13.4. The number of benzene rings is 2. The van der Waals surface area contributed by atoms with Crippen molar-refractivity contribution < 1.29 is 4.74 Å². The number of nitrogens with two attached hydrogens (primary N) is 1. The number of halogens is 1. The first-order chi connectivity index (χ1) is 10.0. The van der Waals surface area contributed by atoms with Crippen molar-refractivity contribution in [3.8, 4) is 5.75 Å². The van der Waals surface area contributed by atoms with E-state index in [1.54, 1.807) is 7.11 Å². The molecule has 0 aliphatic rings. The number of rotatable bonds is 5. The van der Waals surface area contributed by atoms with Gasteiger partial charge in [-0.1, -0.05) is 17.7 Å². The van der Waals surface area contributed by atoms with Crippen LogP contribution >= 0.6 is 11.6 Å². The molecule has 2 rings (SSSR count). The number of nitrogens with zero attached hydrogens (tertiary/aromatic N) is 1. The van der Waals surface area contributed by atoms with E-state index in [9.17, 15) is 0 Å². The summed E-state index contributed by atoms with van der Waals surface area (Å²) < 4.78 is 5.19. The van der Waals surface area contributed by atoms with Crippen molar-refractivity contribution in [1.29, 1.82) is 0 Å². The summed E-state index contributed by atoms with van der Waals surface area (Å²) >= 11 is 6.35. The zero-order chi connectivity index (χ0) is 15.4. The monoisotopic (exact) mass is 304 g/mol. The standard InChI is InChI=1S/C17H21ClN2O/c1-12(19)11-15-16(18)5-4-6-17(15)20(2)13-7-9-14(21-3)10-8-13/h4-10,12H,11,19H2,1-3H3. The van der Waals surface area contributed by atoms with Crippen molar-refractivity contribution in [2.75, 3.05) is 19.1 Å². The summed E-state index contributed by atoms with van der Waals surface area (Å²) in [7, 11) is 3.69. The molecule has 0 aromatic heterocycles. The summed E-state index contributed by atoms with van der Waals surface area (Å²) in [5, 5.41) is 0.755. The lowest BCUT2D eigenvalue weighted by molar-refractivity contribution is 0.415. The normalized spacial score (nSPS) is 12.0. The third kappa shape index (κ3) is 3.69. The Bertz CT molecular complexity index is 596. The van der Waals surface area contributed by atoms with Gasteiger partial charge in [0.25, 0.3) is 0 Å². The summed E-state index contributed by atoms with van der Waals surface area (Å²) in [6, 6.07) is 13.9. The van der Waals surface area contributed by atoms with Crippen LogP contribution in [0.15, 0.2) is 42.5 Å². The number of hydrogen-bond donors (Lipinski definition) is 1. The highest BCUT2D eigenvalue weighted by Crippen LogP contribution is 2.32. The van der Waals surface area contributed by atoms with Crippen LogP contribution in [0.2, 0.25) is 5.02 Å². The maximum absolute atomic E-state index is 6.35. The molecule has 0 saturated heterocycles. The lowest BCUT2D eigenvalue weighted by Crippen LogP contribution is -2.20. The SMILES string of the molecule is COc1ccc(N(C)c2cccc(Cl)c2CC(C)N)cc1. The van der Waals surface area contributed by atoms with E-state index in [1.807, 2.05) is 50.4 Å². The number of methoxy groups -OCH3 is 1. The van der Waals surface area contributed by atoms with Crippen LogP contribution in [-0.4, -0.2) is 20.2 Å². The molecular formula is C17H21ClN2O. The molecule has 0 aliphatic heterocycles. The molecule has 2 aromatic carbocycles. The van der Waals surface area contributed by atoms with Crippen LogP contribution in [0, 0.1) is 0 Å². The molecule has 2 aromatic rings. The first kappa shape index (κ1) is 15.7. The van der Waals surface area contributed by atoms with E-state index in [0.717, 1.165) is 34.1 Å². The van der Waals surface area contributed by atoms with Gasteiger partial charge in [0.05, 0.1) is 7.11 Å². The molecule has 0 fully saturated rings. The second-order valence-electron chi connectivity index (χ2n) is 5.18. The Balaban J connectivity index is 2.37. The zero-order valence-electron chi connectivity index (χ0n) is 12.6. The van der Waals surface area contributed by atoms with Gasteiger partial charge >= 0.3 is 0 Å². The van der Waals surface area contributed by atoms with Gasteiger partial charge in [0.2, 0.25) is 0 Å². The van der Waals surface area contributed by atoms with Crippen LogP contribution in [0.5, 0.6) is 5.75 Å². The highest BCUT2D eigenvalue weighted by atomic mass is 35.5. The molecule has 0 heterocycles. The predicted octanol–water partition coefficient (Wildman–Crippen LogP) is 4.01. The van der Waals surface area contributed by atoms with E-state index >= 15 is 0 Å². The van der Waals surface area contributed by atoms with E-state index < -0.39 is 0 Å². The van der Waals surface area contributed by atoms with Gasteiger partial charge in [-0.3, -0.25) is 0 Å². The van der Waals surface area contributed by atoms with Crippen LogP contribution in [-0.2, 0) is 6.42 Å². The minimum Gasteiger partial charge on any atom is -0.497 e. The maximum atomic E-state index is 6.35. The highest BCUT2D eigenvalue weighted by Gasteiger charge is 2.13. The summed E-state index contributed by atoms with van der Waals surface area (Å²) in [4.78, 5) is 2.11. The van der Waals surface area contributed by atoms with Gasteiger partial charge in [0, 0.05) is 29.5 Å². The Kier molecular flexibility index (Phi) is 5.10. The van der Waals surface area contributed by atoms with Crippen LogP contribution in [0.1, 0.15) is 12.5 Å². The average molecular weight is 305 g/mol. The number of anilines is 2. The van der Waals surface area contributed by atoms with E-state index in [2.05, 4.69) is 11.0 Å². The van der Waals surface area contributed by atoms with E-state index in [0.29, 0.717) is 0 Å². The first-order valence-electron chi connectivity index (χ1n) is 6.93. The van der Waals surface area contributed by atoms with Crippen molar-refractivity contribution in [3.05, 3.63) is 53.1 Å². The number of ether oxygens (including phenoxy) is 1. The smallest absolute Gasteiger partial charge is 0.119 e. The minimum atomic E-state index is 0.0629. The topological polar surface area (TPSA) is 38.5 Å². The Morgan fingerprint density at radius 3 is 2.43 bits per heavy atom. The van der Waals surface area contributed by atoms with Gasteiger partial charge in [0.1, 0.15) is 5.75 Å². The van der Waals surface area contributed by atoms with Gasteiger partial charge in [0.15, 0.2) is 0 Å². The minimum absolute atomic E-state index is 0.0629. The van der Waals surface area contributed by atoms with E-state index in [1.165, 1.54) is 0 Å². The van der Waals surface area contributed by atoms with Crippen LogP contribution in [0.25, 0.3) is 0 Å². The molecule has 21 heavy (non-hydrogen) atoms. The molecule has 0 amide bonds. The molecule has 0 aliphatic carbocycles.